The van der Waals surface area contributed by atoms with E-state index in [-0.39, 0.29) is 0 Å². The van der Waals surface area contributed by atoms with Crippen LogP contribution >= 0.6 is 0 Å². The Balaban J connectivity index is 1.52. The van der Waals surface area contributed by atoms with E-state index in [1.165, 1.54) is 16.8 Å². The molecule has 0 amide bonds. The second-order valence-corrected chi connectivity index (χ2v) is 10.3. The molecule has 3 aromatic carbocycles. The van der Waals surface area contributed by atoms with Crippen molar-refractivity contribution in [3.8, 4) is 23.0 Å². The maximum absolute atomic E-state index is 5.13. The predicted molar refractivity (Wildman–Crippen MR) is 151 cm³/mol. The average Bonchev–Trinajstić information content (AvgIpc) is 3.68. The number of aromatic nitrogens is 6. The monoisotopic (exact) mass is 500 g/mol. The van der Waals surface area contributed by atoms with Crippen LogP contribution in [0.15, 0.2) is 91.4 Å². The Kier molecular flexibility index (Phi) is 6.16. The lowest BCUT2D eigenvalue weighted by Gasteiger charge is -2.21. The van der Waals surface area contributed by atoms with E-state index >= 15 is 0 Å². The summed E-state index contributed by atoms with van der Waals surface area (Å²) in [6.45, 7) is 9.57. The van der Waals surface area contributed by atoms with Crippen LogP contribution < -0.4 is 4.57 Å². The van der Waals surface area contributed by atoms with E-state index in [1.807, 2.05) is 12.3 Å². The summed E-state index contributed by atoms with van der Waals surface area (Å²) in [5, 5.41) is 0. The third-order valence-electron chi connectivity index (χ3n) is 7.02. The molecule has 0 atom stereocenters. The Morgan fingerprint density at radius 1 is 0.868 bits per heavy atom. The van der Waals surface area contributed by atoms with Gasteiger partial charge in [-0.1, -0.05) is 100 Å². The molecule has 6 heteroatoms. The lowest BCUT2D eigenvalue weighted by Crippen LogP contribution is -2.33. The fourth-order valence-corrected chi connectivity index (χ4v) is 5.19. The molecule has 0 unspecified atom stereocenters. The minimum absolute atomic E-state index is 0.366. The van der Waals surface area contributed by atoms with E-state index < -0.39 is 0 Å². The molecular formula is C32H32N6. The van der Waals surface area contributed by atoms with Gasteiger partial charge in [0.1, 0.15) is 6.54 Å². The number of nitrogens with one attached hydrogen (secondary N) is 1. The highest BCUT2D eigenvalue weighted by atomic mass is 15.2. The number of aromatic amines is 1. The number of para-hydroxylation sites is 4. The maximum atomic E-state index is 5.13. The lowest BCUT2D eigenvalue weighted by molar-refractivity contribution is -0.667. The molecule has 0 saturated heterocycles. The number of H-pyrrole nitrogens is 1. The van der Waals surface area contributed by atoms with Crippen molar-refractivity contribution >= 4 is 11.0 Å². The molecular weight excluding hydrogens is 468 g/mol. The average molecular weight is 501 g/mol. The Morgan fingerprint density at radius 3 is 2.26 bits per heavy atom. The molecule has 0 spiro atoms. The zero-order valence-corrected chi connectivity index (χ0v) is 22.3. The highest BCUT2D eigenvalue weighted by molar-refractivity contribution is 5.73. The van der Waals surface area contributed by atoms with Gasteiger partial charge >= 0.3 is 0 Å². The number of nitrogens with zero attached hydrogens (tertiary/aromatic N) is 5. The van der Waals surface area contributed by atoms with Crippen LogP contribution in [0.25, 0.3) is 34.1 Å². The predicted octanol–water partition coefficient (Wildman–Crippen LogP) is 6.59. The summed E-state index contributed by atoms with van der Waals surface area (Å²) >= 11 is 0. The lowest BCUT2D eigenvalue weighted by atomic mass is 9.92. The Bertz CT molecular complexity index is 1660. The van der Waals surface area contributed by atoms with Crippen LogP contribution in [0, 0.1) is 6.33 Å². The van der Waals surface area contributed by atoms with Crippen molar-refractivity contribution < 1.29 is 4.57 Å². The first-order valence-corrected chi connectivity index (χ1v) is 13.2. The van der Waals surface area contributed by atoms with Gasteiger partial charge in [-0.05, 0) is 23.0 Å². The molecule has 1 N–H and O–H groups in total. The van der Waals surface area contributed by atoms with E-state index in [2.05, 4.69) is 131 Å². The molecule has 0 aliphatic rings. The standard InChI is InChI=1S/C32H32N6/c1-22(2)26-13-10-14-27(23(3)4)30(26)37-20-24(35-32(37)31-33-17-18-34-31)19-36-21-38(25-11-6-5-7-12-25)29-16-9-8-15-28(29)36/h5-18,20,22-23H,19H2,1-4H3,(H,33,34). The van der Waals surface area contributed by atoms with E-state index in [0.717, 1.165) is 34.1 Å². The number of imidazole rings is 3. The van der Waals surface area contributed by atoms with Crippen molar-refractivity contribution in [1.29, 1.82) is 0 Å². The van der Waals surface area contributed by atoms with Crippen molar-refractivity contribution in [2.45, 2.75) is 46.1 Å². The second kappa shape index (κ2) is 9.78. The molecule has 6 nitrogen and oxygen atoms in total. The van der Waals surface area contributed by atoms with Gasteiger partial charge in [0.25, 0.3) is 0 Å². The van der Waals surface area contributed by atoms with E-state index in [9.17, 15) is 0 Å². The summed E-state index contributed by atoms with van der Waals surface area (Å²) in [4.78, 5) is 13.0. The van der Waals surface area contributed by atoms with Gasteiger partial charge in [-0.2, -0.15) is 0 Å². The summed E-state index contributed by atoms with van der Waals surface area (Å²) in [7, 11) is 0. The Labute approximate surface area is 223 Å². The van der Waals surface area contributed by atoms with Crippen molar-refractivity contribution in [2.24, 2.45) is 0 Å². The van der Waals surface area contributed by atoms with Crippen molar-refractivity contribution in [3.05, 3.63) is 115 Å². The minimum atomic E-state index is 0.366. The molecule has 6 rings (SSSR count). The van der Waals surface area contributed by atoms with Gasteiger partial charge in [0, 0.05) is 18.6 Å². The number of hydrogen-bond donors (Lipinski definition) is 1. The van der Waals surface area contributed by atoms with Gasteiger partial charge in [0.2, 0.25) is 6.33 Å². The molecule has 0 bridgehead atoms. The van der Waals surface area contributed by atoms with E-state index in [1.54, 1.807) is 6.20 Å². The first-order chi connectivity index (χ1) is 18.5. The second-order valence-electron chi connectivity index (χ2n) is 10.3. The molecule has 6 aromatic rings. The summed E-state index contributed by atoms with van der Waals surface area (Å²) in [5.74, 6) is 2.30. The van der Waals surface area contributed by atoms with E-state index in [0.29, 0.717) is 18.4 Å². The van der Waals surface area contributed by atoms with Crippen molar-refractivity contribution in [1.82, 2.24) is 24.1 Å². The van der Waals surface area contributed by atoms with Crippen LogP contribution in [0.1, 0.15) is 56.4 Å². The highest BCUT2D eigenvalue weighted by Gasteiger charge is 2.22. The molecule has 0 radical (unpaired) electrons. The largest absolute Gasteiger partial charge is 0.342 e. The quantitative estimate of drug-likeness (QED) is 0.199. The SMILES string of the molecule is CC(C)c1cccc(C(C)C)c1-n1cc(C[n+]2[c-]n(-c3ccccc3)c3ccccc32)nc1-c1ncc[nH]1. The smallest absolute Gasteiger partial charge is 0.244 e. The highest BCUT2D eigenvalue weighted by Crippen LogP contribution is 2.34. The molecule has 3 heterocycles. The number of hydrogen-bond acceptors (Lipinski definition) is 2. The molecule has 3 aromatic heterocycles. The number of fused-ring (bicyclic) bond motifs is 1. The van der Waals surface area contributed by atoms with Crippen LogP contribution in [-0.2, 0) is 6.54 Å². The van der Waals surface area contributed by atoms with Gasteiger partial charge in [-0.3, -0.25) is 4.57 Å². The van der Waals surface area contributed by atoms with Crippen LogP contribution in [0.3, 0.4) is 0 Å². The molecule has 38 heavy (non-hydrogen) atoms. The van der Waals surface area contributed by atoms with Crippen LogP contribution in [0.4, 0.5) is 0 Å². The number of rotatable bonds is 7. The summed E-state index contributed by atoms with van der Waals surface area (Å²) < 4.78 is 6.50. The molecule has 0 aliphatic heterocycles. The van der Waals surface area contributed by atoms with Gasteiger partial charge in [-0.25, -0.2) is 9.97 Å². The summed E-state index contributed by atoms with van der Waals surface area (Å²) in [5.41, 5.74) is 8.04. The normalized spacial score (nSPS) is 11.7. The molecule has 0 saturated carbocycles. The summed E-state index contributed by atoms with van der Waals surface area (Å²) in [6, 6.07) is 25.4. The maximum Gasteiger partial charge on any atom is 0.244 e. The molecule has 0 aliphatic carbocycles. The molecule has 0 fully saturated rings. The van der Waals surface area contributed by atoms with Gasteiger partial charge < -0.3 is 14.1 Å². The van der Waals surface area contributed by atoms with Crippen LogP contribution in [-0.4, -0.2) is 24.1 Å². The Morgan fingerprint density at radius 2 is 1.58 bits per heavy atom. The zero-order chi connectivity index (χ0) is 26.2. The van der Waals surface area contributed by atoms with Crippen LogP contribution in [0.2, 0.25) is 0 Å². The first-order valence-electron chi connectivity index (χ1n) is 13.2. The van der Waals surface area contributed by atoms with Crippen molar-refractivity contribution in [2.75, 3.05) is 0 Å². The fourth-order valence-electron chi connectivity index (χ4n) is 5.19. The van der Waals surface area contributed by atoms with E-state index in [4.69, 9.17) is 4.98 Å². The topological polar surface area (TPSA) is 55.3 Å². The first kappa shape index (κ1) is 23.9. The minimum Gasteiger partial charge on any atom is -0.342 e. The fraction of sp³-hybridized carbons (Fsp3) is 0.219. The molecule has 190 valence electrons. The zero-order valence-electron chi connectivity index (χ0n) is 22.3. The Hall–Kier alpha value is -4.45. The third kappa shape index (κ3) is 4.22. The summed E-state index contributed by atoms with van der Waals surface area (Å²) in [6.07, 6.45) is 9.37. The number of benzene rings is 3. The van der Waals surface area contributed by atoms with Gasteiger partial charge in [-0.15, -0.1) is 0 Å². The van der Waals surface area contributed by atoms with Crippen LogP contribution in [0.5, 0.6) is 0 Å². The third-order valence-corrected chi connectivity index (χ3v) is 7.02. The van der Waals surface area contributed by atoms with Gasteiger partial charge in [0.15, 0.2) is 11.6 Å². The van der Waals surface area contributed by atoms with Crippen molar-refractivity contribution in [3.63, 3.8) is 0 Å². The van der Waals surface area contributed by atoms with Gasteiger partial charge in [0.05, 0.1) is 28.1 Å².